The molecule has 19 heavy (non-hydrogen) atoms. The van der Waals surface area contributed by atoms with Gasteiger partial charge in [-0.2, -0.15) is 0 Å². The van der Waals surface area contributed by atoms with Crippen LogP contribution in [0, 0.1) is 11.8 Å². The Balaban J connectivity index is 2.48. The highest BCUT2D eigenvalue weighted by Crippen LogP contribution is 2.26. The fraction of sp³-hybridized carbons (Fsp3) is 0.625. The molecule has 0 fully saturated rings. The van der Waals surface area contributed by atoms with E-state index in [0.717, 1.165) is 17.4 Å². The van der Waals surface area contributed by atoms with Crippen molar-refractivity contribution in [1.82, 2.24) is 0 Å². The lowest BCUT2D eigenvalue weighted by atomic mass is 10.0. The minimum atomic E-state index is -0.265. The normalized spacial score (nSPS) is 13.2. The van der Waals surface area contributed by atoms with Crippen molar-refractivity contribution in [3.63, 3.8) is 0 Å². The van der Waals surface area contributed by atoms with Gasteiger partial charge in [-0.15, -0.1) is 11.8 Å². The minimum absolute atomic E-state index is 0.265. The zero-order valence-corrected chi connectivity index (χ0v) is 13.5. The highest BCUT2D eigenvalue weighted by molar-refractivity contribution is 7.99. The Morgan fingerprint density at radius 2 is 1.58 bits per heavy atom. The maximum absolute atomic E-state index is 5.24. The molecule has 0 aliphatic rings. The van der Waals surface area contributed by atoms with Gasteiger partial charge < -0.3 is 9.47 Å². The lowest BCUT2D eigenvalue weighted by molar-refractivity contribution is -0.106. The van der Waals surface area contributed by atoms with E-state index in [1.54, 1.807) is 14.2 Å². The van der Waals surface area contributed by atoms with Gasteiger partial charge in [0.2, 0.25) is 0 Å². The Morgan fingerprint density at radius 3 is 2.05 bits per heavy atom. The molecule has 1 atom stereocenters. The first-order valence-corrected chi connectivity index (χ1v) is 7.83. The van der Waals surface area contributed by atoms with Crippen molar-refractivity contribution in [2.75, 3.05) is 20.0 Å². The van der Waals surface area contributed by atoms with Crippen molar-refractivity contribution in [2.45, 2.75) is 38.4 Å². The molecule has 0 N–H and O–H groups in total. The zero-order chi connectivity index (χ0) is 14.3. The molecule has 0 aliphatic carbocycles. The molecule has 1 aromatic carbocycles. The van der Waals surface area contributed by atoms with Crippen LogP contribution in [0.3, 0.4) is 0 Å². The predicted octanol–water partition coefficient (Wildman–Crippen LogP) is 4.75. The monoisotopic (exact) mass is 282 g/mol. The third-order valence-electron chi connectivity index (χ3n) is 2.99. The van der Waals surface area contributed by atoms with E-state index in [1.165, 1.54) is 17.1 Å². The molecular formula is C16H26O2S. The van der Waals surface area contributed by atoms with Gasteiger partial charge in [0.25, 0.3) is 0 Å². The Labute approximate surface area is 121 Å². The second kappa shape index (κ2) is 8.62. The highest BCUT2D eigenvalue weighted by atomic mass is 32.2. The molecule has 1 aromatic rings. The number of ether oxygens (including phenoxy) is 2. The van der Waals surface area contributed by atoms with Crippen LogP contribution in [0.2, 0.25) is 0 Å². The number of hydrogen-bond acceptors (Lipinski definition) is 3. The maximum Gasteiger partial charge on any atom is 0.183 e. The lowest BCUT2D eigenvalue weighted by Gasteiger charge is -2.15. The molecule has 0 aromatic heterocycles. The van der Waals surface area contributed by atoms with Crippen molar-refractivity contribution in [3.8, 4) is 0 Å². The molecule has 3 heteroatoms. The summed E-state index contributed by atoms with van der Waals surface area (Å²) < 4.78 is 10.5. The summed E-state index contributed by atoms with van der Waals surface area (Å²) in [6, 6.07) is 8.44. The fourth-order valence-electron chi connectivity index (χ4n) is 2.20. The molecule has 1 rings (SSSR count). The van der Waals surface area contributed by atoms with Gasteiger partial charge in [-0.25, -0.2) is 0 Å². The van der Waals surface area contributed by atoms with Crippen molar-refractivity contribution in [1.29, 1.82) is 0 Å². The van der Waals surface area contributed by atoms with E-state index in [4.69, 9.17) is 9.47 Å². The fourth-order valence-corrected chi connectivity index (χ4v) is 3.14. The van der Waals surface area contributed by atoms with Crippen LogP contribution in [-0.2, 0) is 9.47 Å². The molecule has 108 valence electrons. The summed E-state index contributed by atoms with van der Waals surface area (Å²) in [5.41, 5.74) is 1.06. The summed E-state index contributed by atoms with van der Waals surface area (Å²) in [4.78, 5) is 1.31. The highest BCUT2D eigenvalue weighted by Gasteiger charge is 2.09. The first kappa shape index (κ1) is 16.5. The molecule has 0 heterocycles. The van der Waals surface area contributed by atoms with Gasteiger partial charge in [-0.3, -0.25) is 0 Å². The Morgan fingerprint density at radius 1 is 1.00 bits per heavy atom. The van der Waals surface area contributed by atoms with Crippen LogP contribution < -0.4 is 0 Å². The van der Waals surface area contributed by atoms with Gasteiger partial charge in [0.15, 0.2) is 6.29 Å². The van der Waals surface area contributed by atoms with E-state index in [-0.39, 0.29) is 6.29 Å². The largest absolute Gasteiger partial charge is 0.352 e. The predicted molar refractivity (Wildman–Crippen MR) is 82.5 cm³/mol. The van der Waals surface area contributed by atoms with Gasteiger partial charge in [0.1, 0.15) is 0 Å². The average molecular weight is 282 g/mol. The quantitative estimate of drug-likeness (QED) is 0.506. The van der Waals surface area contributed by atoms with Gasteiger partial charge in [0.05, 0.1) is 0 Å². The summed E-state index contributed by atoms with van der Waals surface area (Å²) in [5, 5.41) is 0. The van der Waals surface area contributed by atoms with Gasteiger partial charge in [0, 0.05) is 30.4 Å². The molecule has 0 amide bonds. The van der Waals surface area contributed by atoms with E-state index < -0.39 is 0 Å². The summed E-state index contributed by atoms with van der Waals surface area (Å²) in [6.07, 6.45) is 1.03. The summed E-state index contributed by atoms with van der Waals surface area (Å²) in [6.45, 7) is 6.89. The van der Waals surface area contributed by atoms with Crippen molar-refractivity contribution >= 4 is 11.8 Å². The Bertz CT molecular complexity index is 344. The summed E-state index contributed by atoms with van der Waals surface area (Å²) in [7, 11) is 3.31. The van der Waals surface area contributed by atoms with E-state index in [9.17, 15) is 0 Å². The van der Waals surface area contributed by atoms with Crippen LogP contribution in [0.25, 0.3) is 0 Å². The topological polar surface area (TPSA) is 18.5 Å². The van der Waals surface area contributed by atoms with Gasteiger partial charge in [-0.05, 0) is 30.4 Å². The number of thioether (sulfide) groups is 1. The van der Waals surface area contributed by atoms with Crippen LogP contribution in [0.15, 0.2) is 29.2 Å². The number of hydrogen-bond donors (Lipinski definition) is 0. The van der Waals surface area contributed by atoms with E-state index >= 15 is 0 Å². The van der Waals surface area contributed by atoms with E-state index in [0.29, 0.717) is 0 Å². The zero-order valence-electron chi connectivity index (χ0n) is 12.7. The molecule has 2 nitrogen and oxygen atoms in total. The van der Waals surface area contributed by atoms with Crippen molar-refractivity contribution < 1.29 is 9.47 Å². The van der Waals surface area contributed by atoms with E-state index in [1.807, 2.05) is 11.8 Å². The smallest absolute Gasteiger partial charge is 0.183 e. The standard InChI is InChI=1S/C16H26O2S/c1-12(2)10-13(3)11-19-15-8-6-14(7-9-15)16(17-4)18-5/h6-9,12-13,16H,10-11H2,1-5H3. The maximum atomic E-state index is 5.24. The Hall–Kier alpha value is -0.510. The molecule has 0 saturated heterocycles. The summed E-state index contributed by atoms with van der Waals surface area (Å²) >= 11 is 1.92. The minimum Gasteiger partial charge on any atom is -0.352 e. The molecule has 0 saturated carbocycles. The molecule has 1 unspecified atom stereocenters. The molecule has 0 bridgehead atoms. The first-order valence-electron chi connectivity index (χ1n) is 6.85. The van der Waals surface area contributed by atoms with Gasteiger partial charge >= 0.3 is 0 Å². The van der Waals surface area contributed by atoms with Crippen LogP contribution >= 0.6 is 11.8 Å². The Kier molecular flexibility index (Phi) is 7.51. The molecule has 0 radical (unpaired) electrons. The number of benzene rings is 1. The van der Waals surface area contributed by atoms with Crippen LogP contribution in [0.1, 0.15) is 39.0 Å². The molecule has 0 aliphatic heterocycles. The van der Waals surface area contributed by atoms with Crippen LogP contribution in [0.5, 0.6) is 0 Å². The van der Waals surface area contributed by atoms with Crippen LogP contribution in [-0.4, -0.2) is 20.0 Å². The number of methoxy groups -OCH3 is 2. The number of rotatable bonds is 8. The second-order valence-corrected chi connectivity index (χ2v) is 6.51. The third kappa shape index (κ3) is 5.98. The first-order chi connectivity index (χ1) is 9.06. The lowest BCUT2D eigenvalue weighted by Crippen LogP contribution is -2.04. The molecular weight excluding hydrogens is 256 g/mol. The average Bonchev–Trinajstić information content (AvgIpc) is 2.38. The second-order valence-electron chi connectivity index (χ2n) is 5.42. The van der Waals surface area contributed by atoms with Crippen molar-refractivity contribution in [2.24, 2.45) is 11.8 Å². The summed E-state index contributed by atoms with van der Waals surface area (Å²) in [5.74, 6) is 2.72. The van der Waals surface area contributed by atoms with Crippen molar-refractivity contribution in [3.05, 3.63) is 29.8 Å². The van der Waals surface area contributed by atoms with E-state index in [2.05, 4.69) is 45.0 Å². The van der Waals surface area contributed by atoms with Crippen LogP contribution in [0.4, 0.5) is 0 Å². The molecule has 0 spiro atoms. The third-order valence-corrected chi connectivity index (χ3v) is 4.33. The van der Waals surface area contributed by atoms with Gasteiger partial charge in [-0.1, -0.05) is 32.9 Å². The SMILES string of the molecule is COC(OC)c1ccc(SCC(C)CC(C)C)cc1.